The Balaban J connectivity index is 3.19. The number of anilines is 2. The normalized spacial score (nSPS) is 11.2. The second-order valence-electron chi connectivity index (χ2n) is 4.83. The van der Waals surface area contributed by atoms with Crippen molar-refractivity contribution in [2.24, 2.45) is 0 Å². The van der Waals surface area contributed by atoms with Crippen LogP contribution in [0.3, 0.4) is 0 Å². The Morgan fingerprint density at radius 1 is 1.33 bits per heavy atom. The average molecular weight is 252 g/mol. The summed E-state index contributed by atoms with van der Waals surface area (Å²) < 4.78 is 5.46. The van der Waals surface area contributed by atoms with E-state index < -0.39 is 0 Å². The first kappa shape index (κ1) is 14.5. The summed E-state index contributed by atoms with van der Waals surface area (Å²) in [5.74, 6) is 2.25. The maximum atomic E-state index is 5.46. The molecule has 0 aliphatic rings. The van der Waals surface area contributed by atoms with Crippen molar-refractivity contribution in [2.45, 2.75) is 39.7 Å². The van der Waals surface area contributed by atoms with Crippen LogP contribution in [0, 0.1) is 0 Å². The van der Waals surface area contributed by atoms with E-state index in [2.05, 4.69) is 41.0 Å². The van der Waals surface area contributed by atoms with Gasteiger partial charge in [0.05, 0.1) is 7.11 Å². The summed E-state index contributed by atoms with van der Waals surface area (Å²) in [6, 6.07) is 0. The first-order valence-corrected chi connectivity index (χ1v) is 6.34. The van der Waals surface area contributed by atoms with Gasteiger partial charge in [0.1, 0.15) is 6.33 Å². The molecule has 102 valence electrons. The topological polar surface area (TPSA) is 50.3 Å². The Hall–Kier alpha value is -1.52. The highest BCUT2D eigenvalue weighted by Crippen LogP contribution is 2.35. The van der Waals surface area contributed by atoms with Crippen LogP contribution in [-0.2, 0) is 0 Å². The summed E-state index contributed by atoms with van der Waals surface area (Å²) in [6.45, 7) is 9.35. The van der Waals surface area contributed by atoms with Gasteiger partial charge in [0.25, 0.3) is 0 Å². The van der Waals surface area contributed by atoms with Crippen molar-refractivity contribution in [3.63, 3.8) is 0 Å². The van der Waals surface area contributed by atoms with E-state index >= 15 is 0 Å². The minimum absolute atomic E-state index is 0.0190. The zero-order valence-corrected chi connectivity index (χ0v) is 12.2. The lowest BCUT2D eigenvalue weighted by molar-refractivity contribution is 0.402. The average Bonchev–Trinajstić information content (AvgIpc) is 2.38. The molecule has 1 aromatic rings. The van der Waals surface area contributed by atoms with Gasteiger partial charge in [0.15, 0.2) is 11.6 Å². The van der Waals surface area contributed by atoms with E-state index in [9.17, 15) is 0 Å². The lowest BCUT2D eigenvalue weighted by Gasteiger charge is -2.36. The summed E-state index contributed by atoms with van der Waals surface area (Å²) in [6.07, 6.45) is 2.59. The minimum atomic E-state index is 0.0190. The molecule has 1 heterocycles. The fraction of sp³-hybridized carbons (Fsp3) is 0.692. The Morgan fingerprint density at radius 2 is 2.00 bits per heavy atom. The number of rotatable bonds is 6. The molecule has 0 spiro atoms. The third-order valence-corrected chi connectivity index (χ3v) is 3.42. The summed E-state index contributed by atoms with van der Waals surface area (Å²) >= 11 is 0. The SMILES string of the molecule is CCNc1ncnc(N(C)C(C)(C)CC)c1OC. The molecule has 0 saturated heterocycles. The Labute approximate surface area is 110 Å². The quantitative estimate of drug-likeness (QED) is 0.843. The molecule has 0 bridgehead atoms. The fourth-order valence-electron chi connectivity index (χ4n) is 1.61. The second kappa shape index (κ2) is 5.89. The summed E-state index contributed by atoms with van der Waals surface area (Å²) in [5, 5.41) is 3.19. The van der Waals surface area contributed by atoms with Crippen LogP contribution < -0.4 is 15.0 Å². The number of aromatic nitrogens is 2. The highest BCUT2D eigenvalue weighted by atomic mass is 16.5. The third-order valence-electron chi connectivity index (χ3n) is 3.42. The molecule has 0 aliphatic carbocycles. The van der Waals surface area contributed by atoms with Gasteiger partial charge in [0.2, 0.25) is 5.75 Å². The fourth-order valence-corrected chi connectivity index (χ4v) is 1.61. The summed E-state index contributed by atoms with van der Waals surface area (Å²) in [5.41, 5.74) is 0.0190. The summed E-state index contributed by atoms with van der Waals surface area (Å²) in [7, 11) is 3.68. The first-order chi connectivity index (χ1) is 8.47. The van der Waals surface area contributed by atoms with Crippen LogP contribution in [0.4, 0.5) is 11.6 Å². The van der Waals surface area contributed by atoms with E-state index in [-0.39, 0.29) is 5.54 Å². The van der Waals surface area contributed by atoms with Gasteiger partial charge >= 0.3 is 0 Å². The Kier molecular flexibility index (Phi) is 4.76. The van der Waals surface area contributed by atoms with Gasteiger partial charge in [-0.2, -0.15) is 0 Å². The molecular weight excluding hydrogens is 228 g/mol. The van der Waals surface area contributed by atoms with Crippen molar-refractivity contribution in [1.29, 1.82) is 0 Å². The largest absolute Gasteiger partial charge is 0.490 e. The number of ether oxygens (including phenoxy) is 1. The lowest BCUT2D eigenvalue weighted by atomic mass is 10.00. The van der Waals surface area contributed by atoms with Crippen molar-refractivity contribution >= 4 is 11.6 Å². The van der Waals surface area contributed by atoms with Gasteiger partial charge in [-0.25, -0.2) is 9.97 Å². The molecule has 1 N–H and O–H groups in total. The molecule has 5 heteroatoms. The highest BCUT2D eigenvalue weighted by Gasteiger charge is 2.26. The molecule has 1 aromatic heterocycles. The number of nitrogens with one attached hydrogen (secondary N) is 1. The minimum Gasteiger partial charge on any atom is -0.490 e. The van der Waals surface area contributed by atoms with E-state index in [0.717, 1.165) is 24.6 Å². The Morgan fingerprint density at radius 3 is 2.50 bits per heavy atom. The molecule has 0 radical (unpaired) electrons. The number of hydrogen-bond donors (Lipinski definition) is 1. The van der Waals surface area contributed by atoms with Crippen LogP contribution in [0.15, 0.2) is 6.33 Å². The van der Waals surface area contributed by atoms with E-state index in [4.69, 9.17) is 4.74 Å². The molecule has 0 amide bonds. The van der Waals surface area contributed by atoms with Crippen molar-refractivity contribution < 1.29 is 4.74 Å². The zero-order chi connectivity index (χ0) is 13.8. The van der Waals surface area contributed by atoms with Gasteiger partial charge in [-0.15, -0.1) is 0 Å². The molecule has 5 nitrogen and oxygen atoms in total. The van der Waals surface area contributed by atoms with Crippen molar-refractivity contribution in [1.82, 2.24) is 9.97 Å². The predicted octanol–water partition coefficient (Wildman–Crippen LogP) is 2.54. The van der Waals surface area contributed by atoms with Gasteiger partial charge in [-0.05, 0) is 27.2 Å². The predicted molar refractivity (Wildman–Crippen MR) is 75.5 cm³/mol. The number of methoxy groups -OCH3 is 1. The van der Waals surface area contributed by atoms with Gasteiger partial charge in [-0.1, -0.05) is 6.92 Å². The highest BCUT2D eigenvalue weighted by molar-refractivity contribution is 5.65. The molecule has 0 atom stereocenters. The van der Waals surface area contributed by atoms with Crippen LogP contribution in [-0.4, -0.2) is 36.2 Å². The van der Waals surface area contributed by atoms with Crippen molar-refractivity contribution in [3.05, 3.63) is 6.33 Å². The van der Waals surface area contributed by atoms with Crippen molar-refractivity contribution in [3.8, 4) is 5.75 Å². The zero-order valence-electron chi connectivity index (χ0n) is 12.2. The monoisotopic (exact) mass is 252 g/mol. The van der Waals surface area contributed by atoms with E-state index in [0.29, 0.717) is 5.75 Å². The molecule has 0 fully saturated rings. The molecule has 18 heavy (non-hydrogen) atoms. The van der Waals surface area contributed by atoms with Crippen molar-refractivity contribution in [2.75, 3.05) is 30.9 Å². The second-order valence-corrected chi connectivity index (χ2v) is 4.83. The van der Waals surface area contributed by atoms with Gasteiger partial charge < -0.3 is 15.0 Å². The van der Waals surface area contributed by atoms with Crippen LogP contribution in [0.2, 0.25) is 0 Å². The van der Waals surface area contributed by atoms with Gasteiger partial charge in [0, 0.05) is 19.1 Å². The van der Waals surface area contributed by atoms with Crippen LogP contribution in [0.5, 0.6) is 5.75 Å². The Bertz CT molecular complexity index is 393. The summed E-state index contributed by atoms with van der Waals surface area (Å²) in [4.78, 5) is 10.7. The molecule has 0 aromatic carbocycles. The molecule has 0 unspecified atom stereocenters. The first-order valence-electron chi connectivity index (χ1n) is 6.34. The van der Waals surface area contributed by atoms with Gasteiger partial charge in [-0.3, -0.25) is 0 Å². The van der Waals surface area contributed by atoms with Crippen LogP contribution >= 0.6 is 0 Å². The van der Waals surface area contributed by atoms with E-state index in [1.54, 1.807) is 13.4 Å². The molecule has 1 rings (SSSR count). The lowest BCUT2D eigenvalue weighted by Crippen LogP contribution is -2.41. The smallest absolute Gasteiger partial charge is 0.204 e. The number of hydrogen-bond acceptors (Lipinski definition) is 5. The standard InChI is InChI=1S/C13H24N4O/c1-7-13(3,4)17(5)12-10(18-6)11(14-8-2)15-9-16-12/h9H,7-8H2,1-6H3,(H,14,15,16). The maximum absolute atomic E-state index is 5.46. The number of nitrogens with zero attached hydrogens (tertiary/aromatic N) is 3. The molecule has 0 aliphatic heterocycles. The van der Waals surface area contributed by atoms with E-state index in [1.165, 1.54) is 0 Å². The molecule has 0 saturated carbocycles. The maximum Gasteiger partial charge on any atom is 0.204 e. The third kappa shape index (κ3) is 2.83. The molecular formula is C13H24N4O. The van der Waals surface area contributed by atoms with Crippen LogP contribution in [0.25, 0.3) is 0 Å². The van der Waals surface area contributed by atoms with E-state index in [1.807, 2.05) is 14.0 Å². The van der Waals surface area contributed by atoms with Crippen LogP contribution in [0.1, 0.15) is 34.1 Å².